The normalized spacial score (nSPS) is 18.4. The largest absolute Gasteiger partial charge is 0.392 e. The van der Waals surface area contributed by atoms with Crippen molar-refractivity contribution in [2.45, 2.75) is 42.4 Å². The molecule has 4 rings (SSSR count). The number of hydrogen-bond acceptors (Lipinski definition) is 7. The van der Waals surface area contributed by atoms with Crippen molar-refractivity contribution < 1.29 is 28.3 Å². The van der Waals surface area contributed by atoms with Gasteiger partial charge in [0.25, 0.3) is 5.69 Å². The van der Waals surface area contributed by atoms with Crippen molar-refractivity contribution in [3.63, 3.8) is 0 Å². The maximum Gasteiger partial charge on any atom is 0.269 e. The van der Waals surface area contributed by atoms with E-state index in [4.69, 9.17) is 0 Å². The average molecular weight is 540 g/mol. The topological polar surface area (TPSA) is 159 Å². The summed E-state index contributed by atoms with van der Waals surface area (Å²) >= 11 is 0. The number of aliphatic hydroxyl groups is 2. The molecule has 0 aliphatic heterocycles. The third-order valence-electron chi connectivity index (χ3n) is 6.62. The first-order valence-corrected chi connectivity index (χ1v) is 13.6. The fourth-order valence-electron chi connectivity index (χ4n) is 4.65. The van der Waals surface area contributed by atoms with Gasteiger partial charge in [-0.1, -0.05) is 54.6 Å². The van der Waals surface area contributed by atoms with Crippen molar-refractivity contribution in [2.75, 3.05) is 6.54 Å². The summed E-state index contributed by atoms with van der Waals surface area (Å²) in [4.78, 5) is 23.4. The Bertz CT molecular complexity index is 1380. The quantitative estimate of drug-likeness (QED) is 0.215. The SMILES string of the molecule is O=C(NC1c2ccccc2C[C@H]1O)[C@H](Cc1ccccc1)C[C@H](O)CNS(=O)(=O)c1ccc([N+](=O)[O-])cc1. The molecule has 4 atom stereocenters. The second-order valence-corrected chi connectivity index (χ2v) is 11.1. The average Bonchev–Trinajstić information content (AvgIpc) is 3.22. The number of rotatable bonds is 11. The Morgan fingerprint density at radius 2 is 1.68 bits per heavy atom. The van der Waals surface area contributed by atoms with Crippen LogP contribution in [-0.2, 0) is 27.7 Å². The number of nitrogens with one attached hydrogen (secondary N) is 2. The van der Waals surface area contributed by atoms with Gasteiger partial charge in [0, 0.05) is 31.0 Å². The van der Waals surface area contributed by atoms with Crippen molar-refractivity contribution in [3.8, 4) is 0 Å². The van der Waals surface area contributed by atoms with Crippen LogP contribution in [0.2, 0.25) is 0 Å². The summed E-state index contributed by atoms with van der Waals surface area (Å²) in [5, 5.41) is 35.0. The molecule has 3 aromatic carbocycles. The third-order valence-corrected chi connectivity index (χ3v) is 8.06. The van der Waals surface area contributed by atoms with E-state index in [1.54, 1.807) is 0 Å². The van der Waals surface area contributed by atoms with Crippen LogP contribution in [0.15, 0.2) is 83.8 Å². The van der Waals surface area contributed by atoms with E-state index >= 15 is 0 Å². The van der Waals surface area contributed by atoms with E-state index in [9.17, 15) is 33.5 Å². The van der Waals surface area contributed by atoms with E-state index in [-0.39, 0.29) is 29.5 Å². The number of benzene rings is 3. The van der Waals surface area contributed by atoms with E-state index in [0.717, 1.165) is 41.0 Å². The van der Waals surface area contributed by atoms with Gasteiger partial charge in [0.2, 0.25) is 15.9 Å². The number of carbonyl (C=O) groups is 1. The van der Waals surface area contributed by atoms with Crippen molar-refractivity contribution >= 4 is 21.6 Å². The highest BCUT2D eigenvalue weighted by Gasteiger charge is 2.34. The van der Waals surface area contributed by atoms with Gasteiger partial charge in [-0.3, -0.25) is 14.9 Å². The van der Waals surface area contributed by atoms with Gasteiger partial charge in [0.1, 0.15) is 0 Å². The van der Waals surface area contributed by atoms with Crippen molar-refractivity contribution in [3.05, 3.63) is 106 Å². The standard InChI is InChI=1S/C27H29N3O7S/c31-22(17-28-38(36,37)23-12-10-21(11-13-23)30(34)35)15-20(14-18-6-2-1-3-7-18)27(33)29-26-24-9-5-4-8-19(24)16-25(26)32/h1-13,20,22,25-26,28,31-32H,14-17H2,(H,29,33)/t20-,22+,25-,26?/m1/s1. The molecule has 200 valence electrons. The van der Waals surface area contributed by atoms with Gasteiger partial charge < -0.3 is 15.5 Å². The summed E-state index contributed by atoms with van der Waals surface area (Å²) in [7, 11) is -4.04. The lowest BCUT2D eigenvalue weighted by molar-refractivity contribution is -0.384. The maximum atomic E-state index is 13.4. The molecular formula is C27H29N3O7S. The van der Waals surface area contributed by atoms with Crippen LogP contribution in [0.25, 0.3) is 0 Å². The van der Waals surface area contributed by atoms with Gasteiger partial charge in [-0.05, 0) is 41.7 Å². The van der Waals surface area contributed by atoms with Crippen LogP contribution in [0.5, 0.6) is 0 Å². The van der Waals surface area contributed by atoms with Gasteiger partial charge in [-0.25, -0.2) is 13.1 Å². The zero-order valence-corrected chi connectivity index (χ0v) is 21.3. The zero-order valence-electron chi connectivity index (χ0n) is 20.4. The molecule has 0 spiro atoms. The first kappa shape index (κ1) is 27.4. The van der Waals surface area contributed by atoms with Gasteiger partial charge in [-0.2, -0.15) is 0 Å². The zero-order chi connectivity index (χ0) is 27.3. The molecule has 0 fully saturated rings. The summed E-state index contributed by atoms with van der Waals surface area (Å²) < 4.78 is 27.5. The number of non-ortho nitro benzene ring substituents is 1. The Labute approximate surface area is 220 Å². The Kier molecular flexibility index (Phi) is 8.52. The number of amides is 1. The molecule has 0 radical (unpaired) electrons. The lowest BCUT2D eigenvalue weighted by Gasteiger charge is -2.24. The van der Waals surface area contributed by atoms with E-state index in [1.807, 2.05) is 54.6 Å². The number of carbonyl (C=O) groups excluding carboxylic acids is 1. The minimum absolute atomic E-state index is 0.0338. The molecule has 11 heteroatoms. The number of fused-ring (bicyclic) bond motifs is 1. The molecule has 38 heavy (non-hydrogen) atoms. The number of nitro groups is 1. The molecule has 0 saturated carbocycles. The van der Waals surface area contributed by atoms with E-state index in [2.05, 4.69) is 10.0 Å². The molecule has 0 saturated heterocycles. The fraction of sp³-hybridized carbons (Fsp3) is 0.296. The van der Waals surface area contributed by atoms with Gasteiger partial charge >= 0.3 is 0 Å². The summed E-state index contributed by atoms with van der Waals surface area (Å²) in [6.07, 6.45) is -1.26. The molecule has 1 unspecified atom stereocenters. The van der Waals surface area contributed by atoms with E-state index < -0.39 is 39.1 Å². The minimum atomic E-state index is -4.04. The Balaban J connectivity index is 1.44. The Morgan fingerprint density at radius 3 is 2.37 bits per heavy atom. The van der Waals surface area contributed by atoms with Gasteiger partial charge in [0.15, 0.2) is 0 Å². The monoisotopic (exact) mass is 539 g/mol. The summed E-state index contributed by atoms with van der Waals surface area (Å²) in [5.41, 5.74) is 2.45. The molecule has 0 heterocycles. The van der Waals surface area contributed by atoms with Crippen LogP contribution in [-0.4, -0.2) is 48.2 Å². The molecule has 1 amide bonds. The number of nitro benzene ring substituents is 1. The second-order valence-electron chi connectivity index (χ2n) is 9.34. The first-order chi connectivity index (χ1) is 18.1. The summed E-state index contributed by atoms with van der Waals surface area (Å²) in [5.74, 6) is -1.05. The van der Waals surface area contributed by atoms with Crippen molar-refractivity contribution in [1.29, 1.82) is 0 Å². The lowest BCUT2D eigenvalue weighted by atomic mass is 9.92. The highest BCUT2D eigenvalue weighted by Crippen LogP contribution is 2.32. The van der Waals surface area contributed by atoms with Gasteiger partial charge in [0.05, 0.1) is 28.1 Å². The smallest absolute Gasteiger partial charge is 0.269 e. The maximum absolute atomic E-state index is 13.4. The Hall–Kier alpha value is -3.64. The highest BCUT2D eigenvalue weighted by molar-refractivity contribution is 7.89. The van der Waals surface area contributed by atoms with Crippen molar-refractivity contribution in [2.24, 2.45) is 5.92 Å². The number of sulfonamides is 1. The first-order valence-electron chi connectivity index (χ1n) is 12.2. The predicted molar refractivity (Wildman–Crippen MR) is 140 cm³/mol. The third kappa shape index (κ3) is 6.62. The molecule has 10 nitrogen and oxygen atoms in total. The molecule has 4 N–H and O–H groups in total. The van der Waals surface area contributed by atoms with Crippen LogP contribution in [0.1, 0.15) is 29.2 Å². The Morgan fingerprint density at radius 1 is 1.03 bits per heavy atom. The van der Waals surface area contributed by atoms with Crippen LogP contribution >= 0.6 is 0 Å². The van der Waals surface area contributed by atoms with Crippen LogP contribution in [0.3, 0.4) is 0 Å². The number of aliphatic hydroxyl groups excluding tert-OH is 2. The predicted octanol–water partition coefficient (Wildman–Crippen LogP) is 2.26. The number of nitrogens with zero attached hydrogens (tertiary/aromatic N) is 1. The van der Waals surface area contributed by atoms with Gasteiger partial charge in [-0.15, -0.1) is 0 Å². The van der Waals surface area contributed by atoms with Crippen LogP contribution in [0.4, 0.5) is 5.69 Å². The van der Waals surface area contributed by atoms with E-state index in [0.29, 0.717) is 12.8 Å². The van der Waals surface area contributed by atoms with Crippen molar-refractivity contribution in [1.82, 2.24) is 10.0 Å². The highest BCUT2D eigenvalue weighted by atomic mass is 32.2. The fourth-order valence-corrected chi connectivity index (χ4v) is 5.72. The van der Waals surface area contributed by atoms with E-state index in [1.165, 1.54) is 0 Å². The summed E-state index contributed by atoms with van der Waals surface area (Å²) in [6.45, 7) is -0.354. The molecule has 0 bridgehead atoms. The minimum Gasteiger partial charge on any atom is -0.392 e. The number of hydrogen-bond donors (Lipinski definition) is 4. The molecular weight excluding hydrogens is 510 g/mol. The lowest BCUT2D eigenvalue weighted by Crippen LogP contribution is -2.41. The van der Waals surface area contributed by atoms with Crippen LogP contribution < -0.4 is 10.0 Å². The molecule has 1 aliphatic carbocycles. The second kappa shape index (κ2) is 11.8. The molecule has 0 aromatic heterocycles. The van der Waals surface area contributed by atoms with Crippen LogP contribution in [0, 0.1) is 16.0 Å². The molecule has 3 aromatic rings. The summed E-state index contributed by atoms with van der Waals surface area (Å²) in [6, 6.07) is 20.6. The molecule has 1 aliphatic rings.